The van der Waals surface area contributed by atoms with Gasteiger partial charge in [-0.1, -0.05) is 6.42 Å². The van der Waals surface area contributed by atoms with Crippen molar-refractivity contribution in [3.63, 3.8) is 0 Å². The van der Waals surface area contributed by atoms with Crippen molar-refractivity contribution >= 4 is 26.0 Å². The average Bonchev–Trinajstić information content (AvgIpc) is 3.01. The first-order chi connectivity index (χ1) is 10.5. The van der Waals surface area contributed by atoms with E-state index in [1.54, 1.807) is 0 Å². The summed E-state index contributed by atoms with van der Waals surface area (Å²) in [6.45, 7) is 1.38. The topological polar surface area (TPSA) is 55.8 Å². The van der Waals surface area contributed by atoms with Gasteiger partial charge in [0, 0.05) is 11.0 Å². The Labute approximate surface area is 137 Å². The predicted molar refractivity (Wildman–Crippen MR) is 81.3 cm³/mol. The second-order valence-corrected chi connectivity index (χ2v) is 8.08. The van der Waals surface area contributed by atoms with E-state index < -0.39 is 22.1 Å². The third-order valence-electron chi connectivity index (χ3n) is 3.94. The molecule has 22 heavy (non-hydrogen) atoms. The van der Waals surface area contributed by atoms with Crippen molar-refractivity contribution in [3.8, 4) is 0 Å². The van der Waals surface area contributed by atoms with Crippen LogP contribution in [0.5, 0.6) is 0 Å². The summed E-state index contributed by atoms with van der Waals surface area (Å²) in [5.74, 6) is -0.483. The van der Waals surface area contributed by atoms with E-state index in [2.05, 4.69) is 15.9 Å². The summed E-state index contributed by atoms with van der Waals surface area (Å²) in [7, 11) is -3.74. The van der Waals surface area contributed by atoms with E-state index in [-0.39, 0.29) is 15.4 Å². The van der Waals surface area contributed by atoms with Crippen LogP contribution in [0.3, 0.4) is 0 Å². The average molecular weight is 394 g/mol. The molecule has 122 valence electrons. The van der Waals surface area contributed by atoms with Gasteiger partial charge in [-0.3, -0.25) is 0 Å². The quantitative estimate of drug-likeness (QED) is 0.791. The van der Waals surface area contributed by atoms with Crippen LogP contribution in [0.4, 0.5) is 4.39 Å². The summed E-state index contributed by atoms with van der Waals surface area (Å²) in [5, 5.41) is 0. The fourth-order valence-electron chi connectivity index (χ4n) is 2.91. The molecule has 3 rings (SSSR count). The predicted octanol–water partition coefficient (Wildman–Crippen LogP) is 2.50. The fourth-order valence-corrected chi connectivity index (χ4v) is 5.60. The molecule has 0 radical (unpaired) electrons. The number of ether oxygens (including phenoxy) is 2. The van der Waals surface area contributed by atoms with Gasteiger partial charge >= 0.3 is 0 Å². The Morgan fingerprint density at radius 2 is 1.95 bits per heavy atom. The van der Waals surface area contributed by atoms with Crippen molar-refractivity contribution in [2.75, 3.05) is 19.8 Å². The molecule has 2 saturated heterocycles. The summed E-state index contributed by atoms with van der Waals surface area (Å²) in [6.07, 6.45) is 1.91. The molecule has 2 aliphatic heterocycles. The van der Waals surface area contributed by atoms with Gasteiger partial charge in [0.25, 0.3) is 0 Å². The summed E-state index contributed by atoms with van der Waals surface area (Å²) in [4.78, 5) is 0.0683. The first-order valence-corrected chi connectivity index (χ1v) is 9.43. The molecular formula is C14H17BrFNO4S. The minimum Gasteiger partial charge on any atom is -0.349 e. The molecule has 1 aromatic rings. The second kappa shape index (κ2) is 6.52. The van der Waals surface area contributed by atoms with Crippen LogP contribution in [-0.4, -0.2) is 44.8 Å². The zero-order chi connectivity index (χ0) is 15.7. The monoisotopic (exact) mass is 393 g/mol. The highest BCUT2D eigenvalue weighted by Gasteiger charge is 2.41. The molecule has 0 unspecified atom stereocenters. The number of piperidine rings is 1. The molecule has 0 aromatic heterocycles. The summed E-state index contributed by atoms with van der Waals surface area (Å²) < 4.78 is 51.8. The summed E-state index contributed by atoms with van der Waals surface area (Å²) >= 11 is 3.14. The van der Waals surface area contributed by atoms with Crippen molar-refractivity contribution in [1.29, 1.82) is 0 Å². The highest BCUT2D eigenvalue weighted by atomic mass is 79.9. The Morgan fingerprint density at radius 3 is 2.64 bits per heavy atom. The standard InChI is InChI=1S/C14H17BrFNO4S/c15-11-9-10(16)4-5-13(11)22(18,19)17-6-2-1-3-12(17)14-20-7-8-21-14/h4-5,9,12,14H,1-3,6-8H2/t12-/m0/s1. The summed E-state index contributed by atoms with van der Waals surface area (Å²) in [6, 6.07) is 3.27. The first kappa shape index (κ1) is 16.3. The van der Waals surface area contributed by atoms with Gasteiger partial charge in [0.2, 0.25) is 10.0 Å². The normalized spacial score (nSPS) is 24.7. The van der Waals surface area contributed by atoms with Crippen LogP contribution < -0.4 is 0 Å². The molecule has 0 bridgehead atoms. The zero-order valence-electron chi connectivity index (χ0n) is 11.9. The fraction of sp³-hybridized carbons (Fsp3) is 0.571. The van der Waals surface area contributed by atoms with Crippen LogP contribution in [0.25, 0.3) is 0 Å². The van der Waals surface area contributed by atoms with Gasteiger partial charge < -0.3 is 9.47 Å². The molecule has 0 amide bonds. The van der Waals surface area contributed by atoms with E-state index in [9.17, 15) is 12.8 Å². The van der Waals surface area contributed by atoms with Crippen LogP contribution in [0, 0.1) is 5.82 Å². The number of rotatable bonds is 3. The van der Waals surface area contributed by atoms with Crippen molar-refractivity contribution in [1.82, 2.24) is 4.31 Å². The maximum Gasteiger partial charge on any atom is 0.244 e. The maximum absolute atomic E-state index is 13.2. The number of sulfonamides is 1. The van der Waals surface area contributed by atoms with E-state index in [0.29, 0.717) is 26.2 Å². The molecule has 0 spiro atoms. The third kappa shape index (κ3) is 3.07. The minimum absolute atomic E-state index is 0.0683. The molecule has 2 heterocycles. The smallest absolute Gasteiger partial charge is 0.244 e. The highest BCUT2D eigenvalue weighted by molar-refractivity contribution is 9.10. The van der Waals surface area contributed by atoms with E-state index in [4.69, 9.17) is 9.47 Å². The lowest BCUT2D eigenvalue weighted by atomic mass is 10.0. The van der Waals surface area contributed by atoms with E-state index in [1.807, 2.05) is 0 Å². The Hall–Kier alpha value is -0.540. The lowest BCUT2D eigenvalue weighted by molar-refractivity contribution is -0.0913. The maximum atomic E-state index is 13.2. The molecule has 2 aliphatic rings. The molecule has 5 nitrogen and oxygen atoms in total. The van der Waals surface area contributed by atoms with Crippen LogP contribution in [0.2, 0.25) is 0 Å². The molecule has 1 atom stereocenters. The molecule has 0 aliphatic carbocycles. The molecule has 1 aromatic carbocycles. The summed E-state index contributed by atoms with van der Waals surface area (Å²) in [5.41, 5.74) is 0. The minimum atomic E-state index is -3.74. The largest absolute Gasteiger partial charge is 0.349 e. The van der Waals surface area contributed by atoms with Gasteiger partial charge in [-0.25, -0.2) is 12.8 Å². The molecule has 0 N–H and O–H groups in total. The number of halogens is 2. The Balaban J connectivity index is 1.94. The van der Waals surface area contributed by atoms with Crippen LogP contribution in [0.15, 0.2) is 27.6 Å². The lowest BCUT2D eigenvalue weighted by Crippen LogP contribution is -2.50. The van der Waals surface area contributed by atoms with Gasteiger partial charge in [0.05, 0.1) is 24.2 Å². The van der Waals surface area contributed by atoms with Crippen molar-refractivity contribution in [2.45, 2.75) is 36.5 Å². The van der Waals surface area contributed by atoms with Crippen LogP contribution in [-0.2, 0) is 19.5 Å². The Morgan fingerprint density at radius 1 is 1.23 bits per heavy atom. The van der Waals surface area contributed by atoms with Gasteiger partial charge in [-0.05, 0) is 47.0 Å². The Kier molecular flexibility index (Phi) is 4.84. The van der Waals surface area contributed by atoms with Crippen molar-refractivity contribution in [3.05, 3.63) is 28.5 Å². The molecule has 0 saturated carbocycles. The van der Waals surface area contributed by atoms with Gasteiger partial charge in [-0.2, -0.15) is 4.31 Å². The van der Waals surface area contributed by atoms with E-state index >= 15 is 0 Å². The zero-order valence-corrected chi connectivity index (χ0v) is 14.3. The third-order valence-corrected chi connectivity index (χ3v) is 6.84. The van der Waals surface area contributed by atoms with Gasteiger partial charge in [0.1, 0.15) is 5.82 Å². The lowest BCUT2D eigenvalue weighted by Gasteiger charge is -2.37. The van der Waals surface area contributed by atoms with Crippen LogP contribution in [0.1, 0.15) is 19.3 Å². The molecule has 8 heteroatoms. The van der Waals surface area contributed by atoms with Gasteiger partial charge in [0.15, 0.2) is 6.29 Å². The number of hydrogen-bond acceptors (Lipinski definition) is 4. The van der Waals surface area contributed by atoms with Gasteiger partial charge in [-0.15, -0.1) is 0 Å². The molecular weight excluding hydrogens is 377 g/mol. The molecule has 2 fully saturated rings. The van der Waals surface area contributed by atoms with Crippen LogP contribution >= 0.6 is 15.9 Å². The highest BCUT2D eigenvalue weighted by Crippen LogP contribution is 2.32. The van der Waals surface area contributed by atoms with E-state index in [1.165, 1.54) is 10.4 Å². The number of benzene rings is 1. The number of hydrogen-bond donors (Lipinski definition) is 0. The second-order valence-electron chi connectivity index (χ2n) is 5.36. The number of nitrogens with zero attached hydrogens (tertiary/aromatic N) is 1. The van der Waals surface area contributed by atoms with Crippen molar-refractivity contribution in [2.24, 2.45) is 0 Å². The Bertz CT molecular complexity index is 648. The SMILES string of the molecule is O=S(=O)(c1ccc(F)cc1Br)N1CCCC[C@H]1C1OCCO1. The van der Waals surface area contributed by atoms with Crippen molar-refractivity contribution < 1.29 is 22.3 Å². The first-order valence-electron chi connectivity index (χ1n) is 7.20. The van der Waals surface area contributed by atoms with E-state index in [0.717, 1.165) is 25.0 Å².